The summed E-state index contributed by atoms with van der Waals surface area (Å²) in [4.78, 5) is 61.1. The van der Waals surface area contributed by atoms with Crippen molar-refractivity contribution in [3.63, 3.8) is 0 Å². The van der Waals surface area contributed by atoms with Crippen LogP contribution in [0.1, 0.15) is 172 Å². The van der Waals surface area contributed by atoms with Gasteiger partial charge in [-0.25, -0.2) is 43.5 Å². The molecule has 9 heterocycles. The molecule has 96 heavy (non-hydrogen) atoms. The second-order valence-corrected chi connectivity index (χ2v) is 33.0. The van der Waals surface area contributed by atoms with Crippen LogP contribution in [0.4, 0.5) is 22.2 Å². The molecule has 4 bridgehead atoms. The van der Waals surface area contributed by atoms with Gasteiger partial charge in [-0.05, 0) is 247 Å². The van der Waals surface area contributed by atoms with E-state index in [4.69, 9.17) is 30.8 Å². The van der Waals surface area contributed by atoms with Gasteiger partial charge in [0.15, 0.2) is 21.7 Å². The van der Waals surface area contributed by atoms with Crippen molar-refractivity contribution >= 4 is 67.0 Å². The monoisotopic (exact) mass is 1370 g/mol. The fourth-order valence-corrected chi connectivity index (χ4v) is 16.4. The number of pyridine rings is 4. The topological polar surface area (TPSA) is 289 Å². The smallest absolute Gasteiger partial charge is 0.410 e. The normalized spacial score (nSPS) is 20.6. The summed E-state index contributed by atoms with van der Waals surface area (Å²) in [5, 5.41) is 14.8. The van der Waals surface area contributed by atoms with E-state index in [9.17, 15) is 31.2 Å². The molecule has 2 unspecified atom stereocenters. The van der Waals surface area contributed by atoms with Crippen molar-refractivity contribution in [1.29, 1.82) is 0 Å². The average molecular weight is 1380 g/mol. The summed E-state index contributed by atoms with van der Waals surface area (Å²) in [5.74, 6) is 7.21. The molecule has 6 fully saturated rings. The van der Waals surface area contributed by atoms with Crippen LogP contribution in [-0.4, -0.2) is 135 Å². The van der Waals surface area contributed by atoms with E-state index in [0.717, 1.165) is 86.9 Å². The van der Waals surface area contributed by atoms with Crippen molar-refractivity contribution in [2.45, 2.75) is 178 Å². The Morgan fingerprint density at radius 2 is 1.35 bits per heavy atom. The standard InChI is InChI=1S/C37H50ClN7O6S.C32H41N7O4S/c1-36(2,3)51-35(47)44-23-24(22-37(44,4)5)8-7-19-39-29-9-6-10-32(40-29)52(48,49)43-34(46)28-15-16-30(41-33(28)38)45-20-17-31(42-45)50-21-18-27(25-11-12-25)26-13-14-26;1-32(2)19-21-5-4-16-33-26-6-3-7-29(34-26)44(41,42)37-31(40)25-12-13-27(35-30(25)38(32)20-21)39-17-14-28(36-39)43-18-15-24(22-8-9-22)23-10-11-23/h6,9-10,15-17,20,24-27H,7-8,11-14,18-19,21-23H2,1-5H3,(H,39,40)(H,43,46);3,6-7,12-14,17,21-24H,4-5,8-11,15-16,18-20H2,1-2H3,(H,33,34)(H,37,40). The molecule has 4 aliphatic carbocycles. The number of likely N-dealkylation sites (tertiary alicyclic amines) is 1. The number of nitrogens with zero attached hydrogens (tertiary/aromatic N) is 10. The number of carbonyl (C=O) groups is 3. The molecule has 0 aromatic carbocycles. The highest BCUT2D eigenvalue weighted by Gasteiger charge is 2.45. The van der Waals surface area contributed by atoms with Gasteiger partial charge in [-0.3, -0.25) is 9.59 Å². The number of hydrogen-bond acceptors (Lipinski definition) is 19. The molecule has 516 valence electrons. The summed E-state index contributed by atoms with van der Waals surface area (Å²) in [6.07, 6.45) is 21.4. The predicted molar refractivity (Wildman–Crippen MR) is 364 cm³/mol. The third-order valence-corrected chi connectivity index (χ3v) is 22.3. The molecule has 24 nitrogen and oxygen atoms in total. The molecule has 4 saturated carbocycles. The van der Waals surface area contributed by atoms with E-state index in [0.29, 0.717) is 92.1 Å². The summed E-state index contributed by atoms with van der Waals surface area (Å²) in [6, 6.07) is 19.1. The number of ether oxygens (including phenoxy) is 3. The quantitative estimate of drug-likeness (QED) is 0.0363. The van der Waals surface area contributed by atoms with Gasteiger partial charge in [-0.15, -0.1) is 10.2 Å². The number of carbonyl (C=O) groups excluding carboxylic acids is 3. The van der Waals surface area contributed by atoms with E-state index in [1.165, 1.54) is 80.3 Å². The molecule has 4 N–H and O–H groups in total. The van der Waals surface area contributed by atoms with Crippen LogP contribution >= 0.6 is 11.6 Å². The van der Waals surface area contributed by atoms with Crippen LogP contribution in [0.25, 0.3) is 11.6 Å². The van der Waals surface area contributed by atoms with Crippen molar-refractivity contribution in [3.05, 3.63) is 101 Å². The van der Waals surface area contributed by atoms with E-state index in [2.05, 4.69) is 73.1 Å². The predicted octanol–water partition coefficient (Wildman–Crippen LogP) is 11.7. The molecule has 27 heteroatoms. The van der Waals surface area contributed by atoms with Crippen molar-refractivity contribution in [3.8, 4) is 23.4 Å². The van der Waals surface area contributed by atoms with Gasteiger partial charge in [0.25, 0.3) is 31.9 Å². The second-order valence-electron chi connectivity index (χ2n) is 29.4. The molecule has 0 radical (unpaired) electrons. The highest BCUT2D eigenvalue weighted by Crippen LogP contribution is 2.52. The average Bonchev–Trinajstić information content (AvgIpc) is 1.39. The molecule has 3 amide bonds. The van der Waals surface area contributed by atoms with Gasteiger partial charge >= 0.3 is 6.09 Å². The minimum atomic E-state index is -4.33. The summed E-state index contributed by atoms with van der Waals surface area (Å²) < 4.78 is 77.8. The van der Waals surface area contributed by atoms with Crippen LogP contribution in [0.3, 0.4) is 0 Å². The van der Waals surface area contributed by atoms with Gasteiger partial charge in [0.2, 0.25) is 11.8 Å². The number of halogens is 1. The SMILES string of the molecule is CC(C)(C)OC(=O)N1CC(CCCNc2cccc(S(=O)(=O)NC(=O)c3ccc(-n4ccc(OCCC(C5CC5)C5CC5)n4)nc3Cl)n2)CC1(C)C.CC1(C)CC2CCCNc3cccc(n3)S(=O)(=O)NC(=O)c3ccc(-n4ccc(OCCC(C5CC5)C5CC5)n4)nc3N1C2. The fourth-order valence-electron chi connectivity index (χ4n) is 14.3. The molecular formula is C69H91ClN14O10S2. The van der Waals surface area contributed by atoms with E-state index in [1.807, 2.05) is 42.7 Å². The van der Waals surface area contributed by atoms with Crippen molar-refractivity contribution < 1.29 is 45.4 Å². The zero-order chi connectivity index (χ0) is 67.7. The summed E-state index contributed by atoms with van der Waals surface area (Å²) in [7, 11) is -8.55. The van der Waals surface area contributed by atoms with Crippen molar-refractivity contribution in [1.82, 2.24) is 53.8 Å². The van der Waals surface area contributed by atoms with E-state index in [-0.39, 0.29) is 43.5 Å². The summed E-state index contributed by atoms with van der Waals surface area (Å²) >= 11 is 6.36. The van der Waals surface area contributed by atoms with Crippen LogP contribution in [0.15, 0.2) is 95.2 Å². The number of sulfonamides is 2. The number of nitrogens with one attached hydrogen (secondary N) is 4. The van der Waals surface area contributed by atoms with E-state index >= 15 is 0 Å². The van der Waals surface area contributed by atoms with E-state index in [1.54, 1.807) is 53.3 Å². The second kappa shape index (κ2) is 28.1. The third-order valence-electron chi connectivity index (χ3n) is 19.5. The van der Waals surface area contributed by atoms with Gasteiger partial charge in [0, 0.05) is 61.8 Å². The Kier molecular flexibility index (Phi) is 20.0. The maximum atomic E-state index is 13.6. The lowest BCUT2D eigenvalue weighted by Crippen LogP contribution is -2.45. The Balaban J connectivity index is 0.000000186. The highest BCUT2D eigenvalue weighted by molar-refractivity contribution is 7.90. The zero-order valence-corrected chi connectivity index (χ0v) is 58.4. The van der Waals surface area contributed by atoms with E-state index < -0.39 is 37.5 Å². The van der Waals surface area contributed by atoms with Crippen LogP contribution in [0.5, 0.6) is 11.8 Å². The Hall–Kier alpha value is -7.58. The van der Waals surface area contributed by atoms with Gasteiger partial charge in [0.05, 0.1) is 24.3 Å². The number of anilines is 3. The summed E-state index contributed by atoms with van der Waals surface area (Å²) in [5.41, 5.74) is -1.08. The number of rotatable bonds is 22. The molecule has 3 aliphatic heterocycles. The Labute approximate surface area is 568 Å². The first-order chi connectivity index (χ1) is 45.7. The molecule has 7 aliphatic rings. The van der Waals surface area contributed by atoms with Crippen LogP contribution in [0, 0.1) is 47.3 Å². The minimum Gasteiger partial charge on any atom is -0.477 e. The number of aromatic nitrogens is 8. The first-order valence-electron chi connectivity index (χ1n) is 34.1. The Bertz CT molecular complexity index is 4010. The molecule has 13 rings (SSSR count). The number of amides is 3. The fraction of sp³-hybridized carbons (Fsp3) is 0.580. The maximum absolute atomic E-state index is 13.6. The Morgan fingerprint density at radius 3 is 1.97 bits per heavy atom. The number of hydrogen-bond donors (Lipinski definition) is 4. The molecule has 6 aromatic heterocycles. The summed E-state index contributed by atoms with van der Waals surface area (Å²) in [6.45, 7) is 17.8. The zero-order valence-electron chi connectivity index (χ0n) is 56.0. The van der Waals surface area contributed by atoms with Crippen molar-refractivity contribution in [2.24, 2.45) is 47.3 Å². The molecule has 2 atom stereocenters. The van der Waals surface area contributed by atoms with Gasteiger partial charge in [-0.1, -0.05) is 23.7 Å². The largest absolute Gasteiger partial charge is 0.477 e. The molecule has 0 spiro atoms. The van der Waals surface area contributed by atoms with Gasteiger partial charge in [-0.2, -0.15) is 16.8 Å². The third kappa shape index (κ3) is 17.2. The minimum absolute atomic E-state index is 0.113. The van der Waals surface area contributed by atoms with Crippen LogP contribution < -0.4 is 34.5 Å². The lowest BCUT2D eigenvalue weighted by atomic mass is 9.93. The Morgan fingerprint density at radius 1 is 0.740 bits per heavy atom. The molecule has 2 saturated heterocycles. The van der Waals surface area contributed by atoms with Gasteiger partial charge in [0.1, 0.15) is 28.2 Å². The van der Waals surface area contributed by atoms with Crippen molar-refractivity contribution in [2.75, 3.05) is 54.9 Å². The molecular weight excluding hydrogens is 1280 g/mol. The first-order valence-corrected chi connectivity index (χ1v) is 37.5. The lowest BCUT2D eigenvalue weighted by Gasteiger charge is -2.34. The number of fused-ring (bicyclic) bond motifs is 6. The molecule has 6 aromatic rings. The maximum Gasteiger partial charge on any atom is 0.410 e. The van der Waals surface area contributed by atoms with Crippen LogP contribution in [-0.2, 0) is 24.8 Å². The van der Waals surface area contributed by atoms with Crippen LogP contribution in [0.2, 0.25) is 5.15 Å². The highest BCUT2D eigenvalue weighted by atomic mass is 35.5. The first kappa shape index (κ1) is 68.4. The van der Waals surface area contributed by atoms with Gasteiger partial charge < -0.3 is 34.6 Å². The lowest BCUT2D eigenvalue weighted by molar-refractivity contribution is 0.0130.